The Morgan fingerprint density at radius 1 is 1.00 bits per heavy atom. The molecule has 0 aliphatic carbocycles. The molecule has 1 unspecified atom stereocenters. The van der Waals surface area contributed by atoms with Crippen molar-refractivity contribution in [1.82, 2.24) is 5.32 Å². The first kappa shape index (κ1) is 19.7. The maximum Gasteiger partial charge on any atom is 0.223 e. The van der Waals surface area contributed by atoms with Crippen molar-refractivity contribution < 1.29 is 4.79 Å². The quantitative estimate of drug-likeness (QED) is 0.542. The van der Waals surface area contributed by atoms with Crippen LogP contribution in [0, 0.1) is 5.92 Å². The lowest BCUT2D eigenvalue weighted by Gasteiger charge is -2.21. The molecule has 0 aromatic carbocycles. The molecule has 1 heterocycles. The minimum Gasteiger partial charge on any atom is -0.356 e. The molecule has 1 atom stereocenters. The highest BCUT2D eigenvalue weighted by Gasteiger charge is 2.20. The molecule has 0 saturated carbocycles. The molecule has 1 aliphatic heterocycles. The fourth-order valence-electron chi connectivity index (χ4n) is 2.98. The zero-order valence-corrected chi connectivity index (χ0v) is 15.6. The van der Waals surface area contributed by atoms with Crippen LogP contribution in [-0.4, -0.2) is 12.5 Å². The minimum absolute atomic E-state index is 0.241. The number of carbonyl (C=O) groups is 1. The first-order chi connectivity index (χ1) is 11.0. The fraction of sp³-hybridized carbons (Fsp3) is 0.667. The lowest BCUT2D eigenvalue weighted by molar-refractivity contribution is -0.126. The van der Waals surface area contributed by atoms with Gasteiger partial charge in [0.1, 0.15) is 0 Å². The van der Waals surface area contributed by atoms with Gasteiger partial charge in [0.25, 0.3) is 0 Å². The Labute approximate surface area is 143 Å². The zero-order valence-electron chi connectivity index (χ0n) is 15.6. The summed E-state index contributed by atoms with van der Waals surface area (Å²) in [6.45, 7) is 9.63. The summed E-state index contributed by atoms with van der Waals surface area (Å²) < 4.78 is 0. The summed E-state index contributed by atoms with van der Waals surface area (Å²) in [5, 5.41) is 2.97. The van der Waals surface area contributed by atoms with Gasteiger partial charge in [-0.15, -0.1) is 0 Å². The highest BCUT2D eigenvalue weighted by atomic mass is 16.1. The molecule has 130 valence electrons. The summed E-state index contributed by atoms with van der Waals surface area (Å²) in [5.74, 6) is 0.502. The van der Waals surface area contributed by atoms with Gasteiger partial charge in [0.15, 0.2) is 0 Å². The van der Waals surface area contributed by atoms with E-state index in [2.05, 4.69) is 51.2 Å². The normalized spacial score (nSPS) is 19.5. The van der Waals surface area contributed by atoms with E-state index in [1.807, 2.05) is 0 Å². The highest BCUT2D eigenvalue weighted by molar-refractivity contribution is 5.79. The summed E-state index contributed by atoms with van der Waals surface area (Å²) in [6, 6.07) is 0. The molecule has 1 amide bonds. The van der Waals surface area contributed by atoms with E-state index in [1.54, 1.807) is 0 Å². The molecule has 2 nitrogen and oxygen atoms in total. The van der Waals surface area contributed by atoms with Crippen molar-refractivity contribution in [3.63, 3.8) is 0 Å². The molecular weight excluding hydrogens is 282 g/mol. The Hall–Kier alpha value is -1.31. The lowest BCUT2D eigenvalue weighted by atomic mass is 9.93. The molecule has 1 fully saturated rings. The first-order valence-corrected chi connectivity index (χ1v) is 9.21. The largest absolute Gasteiger partial charge is 0.356 e. The van der Waals surface area contributed by atoms with Gasteiger partial charge in [-0.3, -0.25) is 4.79 Å². The van der Waals surface area contributed by atoms with E-state index >= 15 is 0 Å². The molecule has 1 saturated heterocycles. The van der Waals surface area contributed by atoms with Crippen LogP contribution in [0.5, 0.6) is 0 Å². The second kappa shape index (κ2) is 11.3. The van der Waals surface area contributed by atoms with Crippen molar-refractivity contribution in [2.45, 2.75) is 79.1 Å². The van der Waals surface area contributed by atoms with Crippen molar-refractivity contribution in [3.05, 3.63) is 34.9 Å². The van der Waals surface area contributed by atoms with Gasteiger partial charge < -0.3 is 5.32 Å². The average Bonchev–Trinajstić information content (AvgIpc) is 2.49. The van der Waals surface area contributed by atoms with Crippen LogP contribution < -0.4 is 5.32 Å². The van der Waals surface area contributed by atoms with Gasteiger partial charge in [0, 0.05) is 12.5 Å². The number of amides is 1. The average molecular weight is 318 g/mol. The smallest absolute Gasteiger partial charge is 0.223 e. The number of hydrogen-bond acceptors (Lipinski definition) is 1. The van der Waals surface area contributed by atoms with E-state index in [1.165, 1.54) is 23.1 Å². The SMILES string of the molecule is CC(C)=CCC/C(C)=C/CC/C(C)=C/CCC1CCCNC1=O. The molecule has 23 heavy (non-hydrogen) atoms. The van der Waals surface area contributed by atoms with Crippen LogP contribution in [0.1, 0.15) is 79.1 Å². The molecule has 2 heteroatoms. The van der Waals surface area contributed by atoms with E-state index < -0.39 is 0 Å². The van der Waals surface area contributed by atoms with Crippen LogP contribution in [-0.2, 0) is 4.79 Å². The first-order valence-electron chi connectivity index (χ1n) is 9.21. The van der Waals surface area contributed by atoms with Crippen LogP contribution in [0.4, 0.5) is 0 Å². The molecule has 0 aromatic rings. The van der Waals surface area contributed by atoms with Crippen LogP contribution in [0.15, 0.2) is 34.9 Å². The number of carbonyl (C=O) groups excluding carboxylic acids is 1. The number of piperidine rings is 1. The third-order valence-electron chi connectivity index (χ3n) is 4.53. The van der Waals surface area contributed by atoms with Crippen molar-refractivity contribution >= 4 is 5.91 Å². The maximum atomic E-state index is 11.7. The van der Waals surface area contributed by atoms with Crippen LogP contribution >= 0.6 is 0 Å². The van der Waals surface area contributed by atoms with Crippen molar-refractivity contribution in [3.8, 4) is 0 Å². The highest BCUT2D eigenvalue weighted by Crippen LogP contribution is 2.19. The summed E-state index contributed by atoms with van der Waals surface area (Å²) in [6.07, 6.45) is 15.8. The summed E-state index contributed by atoms with van der Waals surface area (Å²) in [4.78, 5) is 11.7. The third-order valence-corrected chi connectivity index (χ3v) is 4.53. The predicted molar refractivity (Wildman–Crippen MR) is 100 cm³/mol. The number of nitrogens with one attached hydrogen (secondary N) is 1. The Morgan fingerprint density at radius 3 is 2.22 bits per heavy atom. The summed E-state index contributed by atoms with van der Waals surface area (Å²) in [5.41, 5.74) is 4.35. The number of rotatable bonds is 9. The fourth-order valence-corrected chi connectivity index (χ4v) is 2.98. The van der Waals surface area contributed by atoms with Crippen LogP contribution in [0.3, 0.4) is 0 Å². The van der Waals surface area contributed by atoms with Gasteiger partial charge in [-0.2, -0.15) is 0 Å². The molecular formula is C21H35NO. The maximum absolute atomic E-state index is 11.7. The van der Waals surface area contributed by atoms with E-state index in [4.69, 9.17) is 0 Å². The van der Waals surface area contributed by atoms with Gasteiger partial charge in [0.05, 0.1) is 0 Å². The summed E-state index contributed by atoms with van der Waals surface area (Å²) in [7, 11) is 0. The second-order valence-electron chi connectivity index (χ2n) is 7.17. The molecule has 1 rings (SSSR count). The van der Waals surface area contributed by atoms with Gasteiger partial charge in [-0.05, 0) is 79.1 Å². The molecule has 0 aromatic heterocycles. The number of allylic oxidation sites excluding steroid dienone is 6. The van der Waals surface area contributed by atoms with Gasteiger partial charge in [-0.25, -0.2) is 0 Å². The Morgan fingerprint density at radius 2 is 1.61 bits per heavy atom. The van der Waals surface area contributed by atoms with E-state index in [0.29, 0.717) is 0 Å². The molecule has 1 N–H and O–H groups in total. The predicted octanol–water partition coefficient (Wildman–Crippen LogP) is 5.71. The zero-order chi connectivity index (χ0) is 17.1. The molecule has 0 spiro atoms. The minimum atomic E-state index is 0.241. The Balaban J connectivity index is 2.20. The standard InChI is InChI=1S/C21H35NO/c1-17(2)9-5-10-18(3)11-6-12-19(4)13-7-14-20-15-8-16-22-21(20)23/h9,11,13,20H,5-8,10,12,14-16H2,1-4H3,(H,22,23)/b18-11+,19-13+. The van der Waals surface area contributed by atoms with Crippen LogP contribution in [0.25, 0.3) is 0 Å². The van der Waals surface area contributed by atoms with E-state index in [9.17, 15) is 4.79 Å². The van der Waals surface area contributed by atoms with Gasteiger partial charge in [0.2, 0.25) is 5.91 Å². The lowest BCUT2D eigenvalue weighted by Crippen LogP contribution is -2.36. The van der Waals surface area contributed by atoms with E-state index in [-0.39, 0.29) is 11.8 Å². The van der Waals surface area contributed by atoms with Gasteiger partial charge in [-0.1, -0.05) is 34.9 Å². The van der Waals surface area contributed by atoms with Crippen LogP contribution in [0.2, 0.25) is 0 Å². The Bertz CT molecular complexity index is 452. The van der Waals surface area contributed by atoms with Crippen molar-refractivity contribution in [2.24, 2.45) is 5.92 Å². The Kier molecular flexibility index (Phi) is 9.66. The third kappa shape index (κ3) is 9.43. The number of hydrogen-bond donors (Lipinski definition) is 1. The second-order valence-corrected chi connectivity index (χ2v) is 7.17. The topological polar surface area (TPSA) is 29.1 Å². The summed E-state index contributed by atoms with van der Waals surface area (Å²) >= 11 is 0. The monoisotopic (exact) mass is 317 g/mol. The molecule has 1 aliphatic rings. The van der Waals surface area contributed by atoms with Gasteiger partial charge >= 0.3 is 0 Å². The van der Waals surface area contributed by atoms with E-state index in [0.717, 1.165) is 51.5 Å². The van der Waals surface area contributed by atoms with Crippen molar-refractivity contribution in [2.75, 3.05) is 6.54 Å². The molecule has 0 bridgehead atoms. The molecule has 0 radical (unpaired) electrons. The van der Waals surface area contributed by atoms with Crippen molar-refractivity contribution in [1.29, 1.82) is 0 Å².